The molecule has 0 radical (unpaired) electrons. The third kappa shape index (κ3) is 4.82. The van der Waals surface area contributed by atoms with Crippen LogP contribution in [0.15, 0.2) is 36.5 Å². The smallest absolute Gasteiger partial charge is 0.320 e. The molecule has 0 aliphatic heterocycles. The highest BCUT2D eigenvalue weighted by Gasteiger charge is 2.10. The standard InChI is InChI=1S/C17H24N4O2/c1-3-13(2)21-16(9-11-19-21)20-17(23)18-10-8-14-4-6-15(12-22)7-5-14/h4-7,9,11,13,22H,3,8,10,12H2,1-2H3,(H2,18,20,23). The van der Waals surface area contributed by atoms with E-state index in [1.54, 1.807) is 12.3 Å². The molecule has 2 aromatic rings. The topological polar surface area (TPSA) is 79.2 Å². The predicted octanol–water partition coefficient (Wildman–Crippen LogP) is 2.71. The highest BCUT2D eigenvalue weighted by molar-refractivity contribution is 5.88. The van der Waals surface area contributed by atoms with Gasteiger partial charge in [-0.15, -0.1) is 0 Å². The van der Waals surface area contributed by atoms with Gasteiger partial charge in [-0.3, -0.25) is 5.32 Å². The van der Waals surface area contributed by atoms with Crippen LogP contribution < -0.4 is 10.6 Å². The van der Waals surface area contributed by atoms with Gasteiger partial charge in [0.05, 0.1) is 18.8 Å². The van der Waals surface area contributed by atoms with E-state index < -0.39 is 0 Å². The molecule has 1 heterocycles. The number of aliphatic hydroxyl groups is 1. The quantitative estimate of drug-likeness (QED) is 0.735. The normalized spacial score (nSPS) is 12.0. The van der Waals surface area contributed by atoms with Crippen molar-refractivity contribution < 1.29 is 9.90 Å². The fourth-order valence-electron chi connectivity index (χ4n) is 2.23. The molecule has 1 atom stereocenters. The lowest BCUT2D eigenvalue weighted by atomic mass is 10.1. The van der Waals surface area contributed by atoms with Gasteiger partial charge in [0.25, 0.3) is 0 Å². The first-order valence-electron chi connectivity index (χ1n) is 7.91. The Hall–Kier alpha value is -2.34. The Labute approximate surface area is 136 Å². The fraction of sp³-hybridized carbons (Fsp3) is 0.412. The van der Waals surface area contributed by atoms with E-state index in [0.717, 1.165) is 24.0 Å². The highest BCUT2D eigenvalue weighted by atomic mass is 16.3. The van der Waals surface area contributed by atoms with Crippen LogP contribution in [-0.4, -0.2) is 27.5 Å². The molecular weight excluding hydrogens is 292 g/mol. The van der Waals surface area contributed by atoms with Gasteiger partial charge in [-0.05, 0) is 30.9 Å². The lowest BCUT2D eigenvalue weighted by Crippen LogP contribution is -2.31. The first-order chi connectivity index (χ1) is 11.1. The van der Waals surface area contributed by atoms with E-state index in [-0.39, 0.29) is 18.7 Å². The van der Waals surface area contributed by atoms with Gasteiger partial charge in [0.2, 0.25) is 0 Å². The van der Waals surface area contributed by atoms with Crippen molar-refractivity contribution in [3.8, 4) is 0 Å². The molecule has 1 unspecified atom stereocenters. The third-order valence-electron chi connectivity index (χ3n) is 3.83. The molecular formula is C17H24N4O2. The average Bonchev–Trinajstić information content (AvgIpc) is 3.02. The van der Waals surface area contributed by atoms with Crippen LogP contribution in [0.25, 0.3) is 0 Å². The van der Waals surface area contributed by atoms with Crippen LogP contribution in [0, 0.1) is 0 Å². The second kappa shape index (κ2) is 8.33. The van der Waals surface area contributed by atoms with Gasteiger partial charge >= 0.3 is 6.03 Å². The van der Waals surface area contributed by atoms with E-state index in [2.05, 4.69) is 29.6 Å². The summed E-state index contributed by atoms with van der Waals surface area (Å²) in [6, 6.07) is 9.50. The highest BCUT2D eigenvalue weighted by Crippen LogP contribution is 2.16. The third-order valence-corrected chi connectivity index (χ3v) is 3.83. The molecule has 0 spiro atoms. The maximum Gasteiger partial charge on any atom is 0.320 e. The number of hydrogen-bond acceptors (Lipinski definition) is 3. The van der Waals surface area contributed by atoms with Crippen molar-refractivity contribution in [2.24, 2.45) is 0 Å². The lowest BCUT2D eigenvalue weighted by molar-refractivity contribution is 0.252. The second-order valence-corrected chi connectivity index (χ2v) is 5.52. The molecule has 0 aliphatic carbocycles. The fourth-order valence-corrected chi connectivity index (χ4v) is 2.23. The van der Waals surface area contributed by atoms with Gasteiger partial charge in [0.1, 0.15) is 5.82 Å². The minimum atomic E-state index is -0.234. The van der Waals surface area contributed by atoms with Gasteiger partial charge in [0.15, 0.2) is 0 Å². The van der Waals surface area contributed by atoms with Crippen LogP contribution >= 0.6 is 0 Å². The number of aliphatic hydroxyl groups excluding tert-OH is 1. The number of carbonyl (C=O) groups is 1. The number of nitrogens with zero attached hydrogens (tertiary/aromatic N) is 2. The molecule has 6 nitrogen and oxygen atoms in total. The van der Waals surface area contributed by atoms with Crippen LogP contribution in [0.2, 0.25) is 0 Å². The number of anilines is 1. The Morgan fingerprint density at radius 3 is 2.61 bits per heavy atom. The zero-order chi connectivity index (χ0) is 16.7. The van der Waals surface area contributed by atoms with Crippen molar-refractivity contribution in [1.29, 1.82) is 0 Å². The summed E-state index contributed by atoms with van der Waals surface area (Å²) in [5, 5.41) is 18.9. The van der Waals surface area contributed by atoms with Crippen molar-refractivity contribution in [2.75, 3.05) is 11.9 Å². The van der Waals surface area contributed by atoms with E-state index in [0.29, 0.717) is 12.4 Å². The van der Waals surface area contributed by atoms with Crippen LogP contribution in [0.5, 0.6) is 0 Å². The summed E-state index contributed by atoms with van der Waals surface area (Å²) in [5.41, 5.74) is 2.00. The number of benzene rings is 1. The van der Waals surface area contributed by atoms with Gasteiger partial charge < -0.3 is 10.4 Å². The number of nitrogens with one attached hydrogen (secondary N) is 2. The SMILES string of the molecule is CCC(C)n1nccc1NC(=O)NCCc1ccc(CO)cc1. The first-order valence-corrected chi connectivity index (χ1v) is 7.91. The molecule has 0 saturated carbocycles. The second-order valence-electron chi connectivity index (χ2n) is 5.52. The van der Waals surface area contributed by atoms with Crippen molar-refractivity contribution in [2.45, 2.75) is 39.3 Å². The Bertz CT molecular complexity index is 622. The summed E-state index contributed by atoms with van der Waals surface area (Å²) >= 11 is 0. The minimum absolute atomic E-state index is 0.0464. The number of hydrogen-bond donors (Lipinski definition) is 3. The lowest BCUT2D eigenvalue weighted by Gasteiger charge is -2.14. The van der Waals surface area contributed by atoms with Gasteiger partial charge in [-0.2, -0.15) is 5.10 Å². The van der Waals surface area contributed by atoms with Crippen LogP contribution in [0.3, 0.4) is 0 Å². The molecule has 0 bridgehead atoms. The number of rotatable bonds is 7. The largest absolute Gasteiger partial charge is 0.392 e. The monoisotopic (exact) mass is 316 g/mol. The molecule has 0 aliphatic rings. The number of urea groups is 1. The van der Waals surface area contributed by atoms with E-state index in [4.69, 9.17) is 5.11 Å². The zero-order valence-corrected chi connectivity index (χ0v) is 13.6. The number of carbonyl (C=O) groups excluding carboxylic acids is 1. The minimum Gasteiger partial charge on any atom is -0.392 e. The number of amides is 2. The van der Waals surface area contributed by atoms with E-state index in [1.165, 1.54) is 0 Å². The van der Waals surface area contributed by atoms with Crippen LogP contribution in [0.1, 0.15) is 37.4 Å². The molecule has 0 fully saturated rings. The predicted molar refractivity (Wildman–Crippen MR) is 90.3 cm³/mol. The Morgan fingerprint density at radius 1 is 1.26 bits per heavy atom. The summed E-state index contributed by atoms with van der Waals surface area (Å²) in [4.78, 5) is 12.0. The summed E-state index contributed by atoms with van der Waals surface area (Å²) in [6.07, 6.45) is 3.37. The molecule has 6 heteroatoms. The van der Waals surface area contributed by atoms with Gasteiger partial charge in [0, 0.05) is 12.6 Å². The Balaban J connectivity index is 1.80. The summed E-state index contributed by atoms with van der Waals surface area (Å²) in [6.45, 7) is 4.73. The maximum atomic E-state index is 12.0. The van der Waals surface area contributed by atoms with E-state index in [1.807, 2.05) is 28.9 Å². The van der Waals surface area contributed by atoms with E-state index in [9.17, 15) is 4.79 Å². The van der Waals surface area contributed by atoms with Crippen molar-refractivity contribution >= 4 is 11.8 Å². The molecule has 1 aromatic carbocycles. The average molecular weight is 316 g/mol. The van der Waals surface area contributed by atoms with Crippen molar-refractivity contribution in [1.82, 2.24) is 15.1 Å². The Kier molecular flexibility index (Phi) is 6.17. The summed E-state index contributed by atoms with van der Waals surface area (Å²) < 4.78 is 1.81. The van der Waals surface area contributed by atoms with Crippen molar-refractivity contribution in [3.05, 3.63) is 47.7 Å². The molecule has 124 valence electrons. The number of aromatic nitrogens is 2. The van der Waals surface area contributed by atoms with Crippen LogP contribution in [0.4, 0.5) is 10.6 Å². The molecule has 2 amide bonds. The maximum absolute atomic E-state index is 12.0. The molecule has 0 saturated heterocycles. The van der Waals surface area contributed by atoms with Gasteiger partial charge in [-0.1, -0.05) is 31.2 Å². The Morgan fingerprint density at radius 2 is 1.96 bits per heavy atom. The van der Waals surface area contributed by atoms with Gasteiger partial charge in [-0.25, -0.2) is 9.48 Å². The first kappa shape index (κ1) is 17.0. The van der Waals surface area contributed by atoms with Crippen LogP contribution in [-0.2, 0) is 13.0 Å². The van der Waals surface area contributed by atoms with E-state index >= 15 is 0 Å². The molecule has 3 N–H and O–H groups in total. The zero-order valence-electron chi connectivity index (χ0n) is 13.6. The summed E-state index contributed by atoms with van der Waals surface area (Å²) in [7, 11) is 0. The molecule has 2 rings (SSSR count). The van der Waals surface area contributed by atoms with Crippen molar-refractivity contribution in [3.63, 3.8) is 0 Å². The molecule has 23 heavy (non-hydrogen) atoms. The molecule has 1 aromatic heterocycles. The summed E-state index contributed by atoms with van der Waals surface area (Å²) in [5.74, 6) is 0.698.